The van der Waals surface area contributed by atoms with Crippen LogP contribution in [0.5, 0.6) is 5.75 Å². The summed E-state index contributed by atoms with van der Waals surface area (Å²) in [6.45, 7) is 13.0. The van der Waals surface area contributed by atoms with Crippen molar-refractivity contribution in [1.82, 2.24) is 0 Å². The summed E-state index contributed by atoms with van der Waals surface area (Å²) in [7, 11) is 0. The number of carbonyl (C=O) groups excluding carboxylic acids is 1. The fourth-order valence-corrected chi connectivity index (χ4v) is 2.24. The predicted molar refractivity (Wildman–Crippen MR) is 103 cm³/mol. The number of esters is 1. The van der Waals surface area contributed by atoms with Crippen LogP contribution in [0.4, 0.5) is 0 Å². The quantitative estimate of drug-likeness (QED) is 0.403. The summed E-state index contributed by atoms with van der Waals surface area (Å²) in [4.78, 5) is 11.7. The molecule has 2 aromatic carbocycles. The summed E-state index contributed by atoms with van der Waals surface area (Å²) in [5.41, 5.74) is 2.58. The zero-order valence-corrected chi connectivity index (χ0v) is 15.6. The van der Waals surface area contributed by atoms with Crippen molar-refractivity contribution in [3.8, 4) is 5.75 Å². The van der Waals surface area contributed by atoms with Gasteiger partial charge in [-0.05, 0) is 32.4 Å². The number of hydrogen-bond acceptors (Lipinski definition) is 3. The van der Waals surface area contributed by atoms with E-state index in [9.17, 15) is 4.79 Å². The molecule has 2 rings (SSSR count). The Morgan fingerprint density at radius 1 is 1.00 bits per heavy atom. The molecule has 0 aliphatic rings. The second kappa shape index (κ2) is 11.2. The highest BCUT2D eigenvalue weighted by Crippen LogP contribution is 2.31. The van der Waals surface area contributed by atoms with Crippen LogP contribution >= 0.6 is 0 Å². The maximum atomic E-state index is 11.7. The van der Waals surface area contributed by atoms with Crippen LogP contribution in [0.2, 0.25) is 0 Å². The Labute approximate surface area is 151 Å². The minimum Gasteiger partial charge on any atom is -0.423 e. The van der Waals surface area contributed by atoms with Gasteiger partial charge in [0.25, 0.3) is 0 Å². The van der Waals surface area contributed by atoms with Crippen LogP contribution in [0.1, 0.15) is 44.7 Å². The Kier molecular flexibility index (Phi) is 9.26. The van der Waals surface area contributed by atoms with E-state index in [1.807, 2.05) is 56.3 Å². The van der Waals surface area contributed by atoms with Gasteiger partial charge in [-0.2, -0.15) is 0 Å². The third-order valence-corrected chi connectivity index (χ3v) is 3.64. The second-order valence-electron chi connectivity index (χ2n) is 5.62. The first-order valence-corrected chi connectivity index (χ1v) is 8.60. The first-order valence-electron chi connectivity index (χ1n) is 8.60. The molecule has 0 heterocycles. The highest BCUT2D eigenvalue weighted by molar-refractivity contribution is 5.89. The van der Waals surface area contributed by atoms with Gasteiger partial charge in [0.15, 0.2) is 0 Å². The van der Waals surface area contributed by atoms with E-state index in [0.717, 1.165) is 18.8 Å². The van der Waals surface area contributed by atoms with Crippen LogP contribution in [0.3, 0.4) is 0 Å². The van der Waals surface area contributed by atoms with Crippen LogP contribution < -0.4 is 4.74 Å². The fraction of sp³-hybridized carbons (Fsp3) is 0.318. The molecule has 25 heavy (non-hydrogen) atoms. The lowest BCUT2D eigenvalue weighted by Gasteiger charge is -2.16. The van der Waals surface area contributed by atoms with E-state index in [1.54, 1.807) is 6.92 Å². The van der Waals surface area contributed by atoms with Crippen molar-refractivity contribution in [2.75, 3.05) is 13.2 Å². The third kappa shape index (κ3) is 6.94. The average Bonchev–Trinajstić information content (AvgIpc) is 2.63. The molecule has 0 radical (unpaired) electrons. The number of ether oxygens (including phenoxy) is 2. The molecule has 0 saturated heterocycles. The van der Waals surface area contributed by atoms with Gasteiger partial charge < -0.3 is 9.47 Å². The molecule has 0 amide bonds. The van der Waals surface area contributed by atoms with E-state index in [-0.39, 0.29) is 5.92 Å². The number of hydrogen-bond donors (Lipinski definition) is 0. The summed E-state index contributed by atoms with van der Waals surface area (Å²) in [6.07, 6.45) is 0. The Morgan fingerprint density at radius 2 is 1.56 bits per heavy atom. The molecule has 0 spiro atoms. The Bertz CT molecular complexity index is 660. The molecular weight excluding hydrogens is 312 g/mol. The largest absolute Gasteiger partial charge is 0.423 e. The zero-order chi connectivity index (χ0) is 18.7. The monoisotopic (exact) mass is 340 g/mol. The molecule has 0 aliphatic carbocycles. The van der Waals surface area contributed by atoms with Gasteiger partial charge in [0.2, 0.25) is 0 Å². The van der Waals surface area contributed by atoms with Gasteiger partial charge in [-0.3, -0.25) is 0 Å². The summed E-state index contributed by atoms with van der Waals surface area (Å²) < 4.78 is 10.2. The first kappa shape index (κ1) is 20.7. The minimum atomic E-state index is -0.391. The van der Waals surface area contributed by atoms with Gasteiger partial charge in [0.05, 0.1) is 0 Å². The minimum absolute atomic E-state index is 0.158. The normalized spacial score (nSPS) is 11.0. The standard InChI is InChI=1S/C18H18O2.C4H10O/c1-13(2)18(19)20-17-12-8-7-11-16(17)14(3)15-9-5-4-6-10-15;1-3-5-4-2/h4-12,14H,1H2,2-3H3;3-4H2,1-2H3. The van der Waals surface area contributed by atoms with Crippen molar-refractivity contribution in [3.63, 3.8) is 0 Å². The fourth-order valence-electron chi connectivity index (χ4n) is 2.24. The van der Waals surface area contributed by atoms with Crippen LogP contribution in [0.25, 0.3) is 0 Å². The number of rotatable bonds is 6. The van der Waals surface area contributed by atoms with Crippen molar-refractivity contribution >= 4 is 5.97 Å². The van der Waals surface area contributed by atoms with E-state index in [0.29, 0.717) is 11.3 Å². The zero-order valence-electron chi connectivity index (χ0n) is 15.6. The molecular formula is C22H28O3. The Morgan fingerprint density at radius 3 is 2.08 bits per heavy atom. The van der Waals surface area contributed by atoms with E-state index >= 15 is 0 Å². The number of para-hydroxylation sites is 1. The van der Waals surface area contributed by atoms with Crippen molar-refractivity contribution in [3.05, 3.63) is 77.9 Å². The van der Waals surface area contributed by atoms with Gasteiger partial charge >= 0.3 is 5.97 Å². The predicted octanol–water partition coefficient (Wildman–Crippen LogP) is 5.36. The van der Waals surface area contributed by atoms with Crippen molar-refractivity contribution in [1.29, 1.82) is 0 Å². The lowest BCUT2D eigenvalue weighted by molar-refractivity contribution is -0.130. The maximum Gasteiger partial charge on any atom is 0.338 e. The van der Waals surface area contributed by atoms with E-state index < -0.39 is 5.97 Å². The van der Waals surface area contributed by atoms with E-state index in [2.05, 4.69) is 25.6 Å². The van der Waals surface area contributed by atoms with Crippen molar-refractivity contribution in [2.24, 2.45) is 0 Å². The molecule has 1 unspecified atom stereocenters. The van der Waals surface area contributed by atoms with Crippen LogP contribution in [0.15, 0.2) is 66.7 Å². The summed E-state index contributed by atoms with van der Waals surface area (Å²) in [5, 5.41) is 0. The Balaban J connectivity index is 0.000000550. The highest BCUT2D eigenvalue weighted by Gasteiger charge is 2.15. The molecule has 0 N–H and O–H groups in total. The molecule has 0 aromatic heterocycles. The molecule has 1 atom stereocenters. The number of carbonyl (C=O) groups is 1. The molecule has 3 heteroatoms. The lowest BCUT2D eigenvalue weighted by atomic mass is 9.92. The average molecular weight is 340 g/mol. The lowest BCUT2D eigenvalue weighted by Crippen LogP contribution is -2.10. The molecule has 0 bridgehead atoms. The smallest absolute Gasteiger partial charge is 0.338 e. The Hall–Kier alpha value is -2.39. The topological polar surface area (TPSA) is 35.5 Å². The molecule has 3 nitrogen and oxygen atoms in total. The number of benzene rings is 2. The maximum absolute atomic E-state index is 11.7. The van der Waals surface area contributed by atoms with Gasteiger partial charge in [-0.15, -0.1) is 0 Å². The molecule has 2 aromatic rings. The van der Waals surface area contributed by atoms with Crippen LogP contribution in [0, 0.1) is 0 Å². The van der Waals surface area contributed by atoms with E-state index in [1.165, 1.54) is 5.56 Å². The molecule has 134 valence electrons. The van der Waals surface area contributed by atoms with E-state index in [4.69, 9.17) is 9.47 Å². The van der Waals surface area contributed by atoms with Gasteiger partial charge in [0, 0.05) is 30.3 Å². The summed E-state index contributed by atoms with van der Waals surface area (Å²) in [5.74, 6) is 0.361. The molecule has 0 aliphatic heterocycles. The van der Waals surface area contributed by atoms with Crippen molar-refractivity contribution < 1.29 is 14.3 Å². The van der Waals surface area contributed by atoms with Gasteiger partial charge in [-0.25, -0.2) is 4.79 Å². The molecule has 0 saturated carbocycles. The van der Waals surface area contributed by atoms with Gasteiger partial charge in [0.1, 0.15) is 5.75 Å². The van der Waals surface area contributed by atoms with Crippen LogP contribution in [-0.4, -0.2) is 19.2 Å². The SMILES string of the molecule is C=C(C)C(=O)Oc1ccccc1C(C)c1ccccc1.CCOCC. The van der Waals surface area contributed by atoms with Gasteiger partial charge in [-0.1, -0.05) is 62.0 Å². The summed E-state index contributed by atoms with van der Waals surface area (Å²) >= 11 is 0. The third-order valence-electron chi connectivity index (χ3n) is 3.64. The second-order valence-corrected chi connectivity index (χ2v) is 5.62. The summed E-state index contributed by atoms with van der Waals surface area (Å²) in [6, 6.07) is 17.8. The molecule has 0 fully saturated rings. The van der Waals surface area contributed by atoms with Crippen LogP contribution in [-0.2, 0) is 9.53 Å². The van der Waals surface area contributed by atoms with Crippen molar-refractivity contribution in [2.45, 2.75) is 33.6 Å². The highest BCUT2D eigenvalue weighted by atomic mass is 16.5. The first-order chi connectivity index (χ1) is 12.0.